The molecule has 0 unspecified atom stereocenters. The van der Waals surface area contributed by atoms with Crippen molar-refractivity contribution in [2.75, 3.05) is 50.8 Å². The third-order valence-corrected chi connectivity index (χ3v) is 6.89. The van der Waals surface area contributed by atoms with E-state index in [9.17, 15) is 9.59 Å². The van der Waals surface area contributed by atoms with Gasteiger partial charge in [0.05, 0.1) is 5.01 Å². The summed E-state index contributed by atoms with van der Waals surface area (Å²) in [6, 6.07) is 6.01. The number of thiazole rings is 1. The van der Waals surface area contributed by atoms with Crippen LogP contribution in [0, 0.1) is 19.3 Å². The zero-order chi connectivity index (χ0) is 22.5. The number of aryl methyl sites for hydroxylation is 1. The molecular formula is C23H27N5O3S. The lowest BCUT2D eigenvalue weighted by Gasteiger charge is -2.35. The summed E-state index contributed by atoms with van der Waals surface area (Å²) in [5, 5.41) is 2.83. The number of terminal acetylenes is 1. The number of aromatic nitrogens is 2. The van der Waals surface area contributed by atoms with E-state index in [1.165, 1.54) is 11.3 Å². The summed E-state index contributed by atoms with van der Waals surface area (Å²) in [6.07, 6.45) is 6.37. The number of rotatable bonds is 4. The highest BCUT2D eigenvalue weighted by Gasteiger charge is 2.29. The van der Waals surface area contributed by atoms with Crippen LogP contribution in [0.2, 0.25) is 0 Å². The molecule has 2 aliphatic heterocycles. The van der Waals surface area contributed by atoms with Crippen LogP contribution in [-0.2, 0) is 4.74 Å². The van der Waals surface area contributed by atoms with Gasteiger partial charge in [0.25, 0.3) is 5.91 Å². The summed E-state index contributed by atoms with van der Waals surface area (Å²) in [5.74, 6) is 3.50. The Morgan fingerprint density at radius 3 is 2.56 bits per heavy atom. The number of amides is 2. The standard InChI is InChI=1S/C23H27N5O3S/c1-3-15-31-23(30)28-9-7-18(8-10-28)21-25-19(16-32-21)22(29)27-13-11-26(12-14-27)20-6-4-5-17(2)24-20/h1,4-6,16,18H,7-15H2,2H3. The van der Waals surface area contributed by atoms with Gasteiger partial charge >= 0.3 is 6.09 Å². The molecule has 2 aliphatic rings. The highest BCUT2D eigenvalue weighted by atomic mass is 32.1. The molecule has 0 radical (unpaired) electrons. The van der Waals surface area contributed by atoms with Gasteiger partial charge in [0.1, 0.15) is 11.5 Å². The number of hydrogen-bond donors (Lipinski definition) is 0. The molecule has 32 heavy (non-hydrogen) atoms. The van der Waals surface area contributed by atoms with Crippen molar-refractivity contribution in [3.8, 4) is 12.3 Å². The van der Waals surface area contributed by atoms with E-state index in [0.717, 1.165) is 42.5 Å². The number of piperidine rings is 1. The van der Waals surface area contributed by atoms with E-state index in [2.05, 4.69) is 20.8 Å². The molecule has 2 aromatic rings. The predicted molar refractivity (Wildman–Crippen MR) is 123 cm³/mol. The van der Waals surface area contributed by atoms with Gasteiger partial charge in [0, 0.05) is 56.3 Å². The van der Waals surface area contributed by atoms with Gasteiger partial charge in [-0.2, -0.15) is 0 Å². The van der Waals surface area contributed by atoms with Crippen molar-refractivity contribution in [2.45, 2.75) is 25.7 Å². The number of hydrogen-bond acceptors (Lipinski definition) is 7. The van der Waals surface area contributed by atoms with E-state index in [4.69, 9.17) is 11.2 Å². The number of nitrogens with zero attached hydrogens (tertiary/aromatic N) is 5. The predicted octanol–water partition coefficient (Wildman–Crippen LogP) is 2.76. The van der Waals surface area contributed by atoms with Crippen molar-refractivity contribution in [1.82, 2.24) is 19.8 Å². The van der Waals surface area contributed by atoms with Crippen LogP contribution in [0.25, 0.3) is 0 Å². The average Bonchev–Trinajstić information content (AvgIpc) is 3.32. The molecule has 2 aromatic heterocycles. The summed E-state index contributed by atoms with van der Waals surface area (Å²) in [6.45, 7) is 6.00. The molecule has 0 bridgehead atoms. The number of pyridine rings is 1. The molecule has 0 spiro atoms. The zero-order valence-corrected chi connectivity index (χ0v) is 19.0. The van der Waals surface area contributed by atoms with Crippen LogP contribution in [0.15, 0.2) is 23.6 Å². The minimum atomic E-state index is -0.364. The van der Waals surface area contributed by atoms with Crippen LogP contribution in [-0.4, -0.2) is 77.6 Å². The Morgan fingerprint density at radius 2 is 1.88 bits per heavy atom. The van der Waals surface area contributed by atoms with Crippen molar-refractivity contribution < 1.29 is 14.3 Å². The molecule has 0 N–H and O–H groups in total. The fourth-order valence-corrected chi connectivity index (χ4v) is 5.05. The van der Waals surface area contributed by atoms with Gasteiger partial charge in [-0.1, -0.05) is 12.0 Å². The number of ether oxygens (including phenoxy) is 1. The number of carbonyl (C=O) groups excluding carboxylic acids is 2. The highest BCUT2D eigenvalue weighted by Crippen LogP contribution is 2.31. The molecule has 2 fully saturated rings. The first kappa shape index (κ1) is 22.1. The van der Waals surface area contributed by atoms with Crippen molar-refractivity contribution in [3.05, 3.63) is 40.0 Å². The van der Waals surface area contributed by atoms with Crippen molar-refractivity contribution in [1.29, 1.82) is 0 Å². The molecule has 4 heterocycles. The largest absolute Gasteiger partial charge is 0.436 e. The molecule has 0 aromatic carbocycles. The van der Waals surface area contributed by atoms with Crippen LogP contribution in [0.4, 0.5) is 10.6 Å². The Bertz CT molecular complexity index is 1000. The molecule has 0 saturated carbocycles. The smallest absolute Gasteiger partial charge is 0.410 e. The molecule has 0 atom stereocenters. The first-order valence-electron chi connectivity index (χ1n) is 10.8. The number of carbonyl (C=O) groups is 2. The monoisotopic (exact) mass is 453 g/mol. The second kappa shape index (κ2) is 10.0. The molecule has 0 aliphatic carbocycles. The third kappa shape index (κ3) is 5.02. The van der Waals surface area contributed by atoms with E-state index in [-0.39, 0.29) is 24.5 Å². The molecule has 8 nitrogen and oxygen atoms in total. The van der Waals surface area contributed by atoms with Crippen molar-refractivity contribution >= 4 is 29.2 Å². The second-order valence-corrected chi connectivity index (χ2v) is 8.90. The van der Waals surface area contributed by atoms with Crippen molar-refractivity contribution in [2.24, 2.45) is 0 Å². The van der Waals surface area contributed by atoms with Gasteiger partial charge in [0.15, 0.2) is 6.61 Å². The fourth-order valence-electron chi connectivity index (χ4n) is 4.08. The maximum absolute atomic E-state index is 13.0. The average molecular weight is 454 g/mol. The van der Waals surface area contributed by atoms with E-state index in [1.54, 1.807) is 4.90 Å². The maximum Gasteiger partial charge on any atom is 0.410 e. The first-order valence-corrected chi connectivity index (χ1v) is 11.7. The topological polar surface area (TPSA) is 78.9 Å². The number of piperazine rings is 1. The fraction of sp³-hybridized carbons (Fsp3) is 0.478. The second-order valence-electron chi connectivity index (χ2n) is 8.01. The summed E-state index contributed by atoms with van der Waals surface area (Å²) in [4.78, 5) is 39.9. The molecule has 9 heteroatoms. The molecule has 168 valence electrons. The first-order chi connectivity index (χ1) is 15.5. The SMILES string of the molecule is C#CCOC(=O)N1CCC(c2nc(C(=O)N3CCN(c4cccc(C)n4)CC3)cs2)CC1. The lowest BCUT2D eigenvalue weighted by atomic mass is 9.98. The van der Waals surface area contributed by atoms with Gasteiger partial charge < -0.3 is 19.4 Å². The van der Waals surface area contributed by atoms with Gasteiger partial charge in [-0.15, -0.1) is 17.8 Å². The van der Waals surface area contributed by atoms with E-state index in [0.29, 0.717) is 31.9 Å². The maximum atomic E-state index is 13.0. The number of anilines is 1. The van der Waals surface area contributed by atoms with Crippen LogP contribution in [0.3, 0.4) is 0 Å². The Labute approximate surface area is 192 Å². The molecular weight excluding hydrogens is 426 g/mol. The molecule has 2 amide bonds. The molecule has 2 saturated heterocycles. The Morgan fingerprint density at radius 1 is 1.12 bits per heavy atom. The summed E-state index contributed by atoms with van der Waals surface area (Å²) in [5.41, 5.74) is 1.51. The van der Waals surface area contributed by atoms with E-state index >= 15 is 0 Å². The van der Waals surface area contributed by atoms with Gasteiger partial charge in [-0.3, -0.25) is 4.79 Å². The van der Waals surface area contributed by atoms with E-state index in [1.807, 2.05) is 35.4 Å². The highest BCUT2D eigenvalue weighted by molar-refractivity contribution is 7.09. The third-order valence-electron chi connectivity index (χ3n) is 5.89. The molecule has 4 rings (SSSR count). The summed E-state index contributed by atoms with van der Waals surface area (Å²) >= 11 is 1.53. The Hall–Kier alpha value is -3.12. The normalized spacial score (nSPS) is 17.2. The minimum Gasteiger partial charge on any atom is -0.436 e. The van der Waals surface area contributed by atoms with Crippen molar-refractivity contribution in [3.63, 3.8) is 0 Å². The van der Waals surface area contributed by atoms with Gasteiger partial charge in [-0.25, -0.2) is 14.8 Å². The van der Waals surface area contributed by atoms with Crippen LogP contribution in [0.5, 0.6) is 0 Å². The summed E-state index contributed by atoms with van der Waals surface area (Å²) in [7, 11) is 0. The Kier molecular flexibility index (Phi) is 6.90. The van der Waals surface area contributed by atoms with Gasteiger partial charge in [-0.05, 0) is 31.9 Å². The lowest BCUT2D eigenvalue weighted by molar-refractivity contribution is 0.0741. The minimum absolute atomic E-state index is 0.00746. The van der Waals surface area contributed by atoms with Crippen LogP contribution in [0.1, 0.15) is 39.9 Å². The quantitative estimate of drug-likeness (QED) is 0.663. The lowest BCUT2D eigenvalue weighted by Crippen LogP contribution is -2.49. The van der Waals surface area contributed by atoms with Gasteiger partial charge in [0.2, 0.25) is 0 Å². The number of likely N-dealkylation sites (tertiary alicyclic amines) is 1. The van der Waals surface area contributed by atoms with Crippen LogP contribution < -0.4 is 4.90 Å². The summed E-state index contributed by atoms with van der Waals surface area (Å²) < 4.78 is 5.00. The van der Waals surface area contributed by atoms with E-state index < -0.39 is 0 Å². The van der Waals surface area contributed by atoms with Crippen LogP contribution >= 0.6 is 11.3 Å². The Balaban J connectivity index is 1.29. The zero-order valence-electron chi connectivity index (χ0n) is 18.2.